The number of nitrogens with one attached hydrogen (secondary N) is 1. The van der Waals surface area contributed by atoms with Gasteiger partial charge in [-0.1, -0.05) is 0 Å². The number of hydrogen-bond donors (Lipinski definition) is 2. The predicted molar refractivity (Wildman–Crippen MR) is 71.6 cm³/mol. The smallest absolute Gasteiger partial charge is 0.180 e. The van der Waals surface area contributed by atoms with E-state index in [2.05, 4.69) is 15.3 Å². The van der Waals surface area contributed by atoms with Crippen molar-refractivity contribution in [2.24, 2.45) is 0 Å². The molecule has 2 heterocycles. The summed E-state index contributed by atoms with van der Waals surface area (Å²) < 4.78 is 6.88. The number of rotatable bonds is 7. The lowest BCUT2D eigenvalue weighted by atomic mass is 10.2. The summed E-state index contributed by atoms with van der Waals surface area (Å²) in [7, 11) is 1.73. The van der Waals surface area contributed by atoms with Gasteiger partial charge in [0.2, 0.25) is 0 Å². The lowest BCUT2D eigenvalue weighted by molar-refractivity contribution is 0.192. The molecule has 0 bridgehead atoms. The van der Waals surface area contributed by atoms with Gasteiger partial charge in [-0.15, -0.1) is 0 Å². The fourth-order valence-electron chi connectivity index (χ4n) is 1.82. The van der Waals surface area contributed by atoms with Crippen molar-refractivity contribution in [1.29, 1.82) is 0 Å². The van der Waals surface area contributed by atoms with Crippen LogP contribution in [0.4, 0.5) is 11.6 Å². The zero-order valence-corrected chi connectivity index (χ0v) is 10.6. The number of unbranched alkanes of at least 4 members (excludes halogenated alkanes) is 2. The zero-order chi connectivity index (χ0) is 12.8. The minimum Gasteiger partial charge on any atom is -0.385 e. The lowest BCUT2D eigenvalue weighted by Crippen LogP contribution is -2.07. The van der Waals surface area contributed by atoms with Gasteiger partial charge in [0.1, 0.15) is 5.82 Å². The van der Waals surface area contributed by atoms with E-state index in [9.17, 15) is 0 Å². The van der Waals surface area contributed by atoms with Crippen molar-refractivity contribution < 1.29 is 4.74 Å². The minimum absolute atomic E-state index is 0.488. The van der Waals surface area contributed by atoms with E-state index in [1.165, 1.54) is 0 Å². The Bertz CT molecular complexity index is 496. The van der Waals surface area contributed by atoms with Gasteiger partial charge in [-0.2, -0.15) is 0 Å². The molecule has 3 N–H and O–H groups in total. The molecule has 6 nitrogen and oxygen atoms in total. The third-order valence-electron chi connectivity index (χ3n) is 2.71. The first-order chi connectivity index (χ1) is 8.81. The predicted octanol–water partition coefficient (Wildman–Crippen LogP) is 1.54. The summed E-state index contributed by atoms with van der Waals surface area (Å²) in [6.45, 7) is 1.68. The Morgan fingerprint density at radius 3 is 3.11 bits per heavy atom. The van der Waals surface area contributed by atoms with Crippen molar-refractivity contribution in [2.75, 3.05) is 31.3 Å². The van der Waals surface area contributed by atoms with Gasteiger partial charge in [0.05, 0.1) is 6.20 Å². The van der Waals surface area contributed by atoms with E-state index in [0.717, 1.165) is 43.9 Å². The van der Waals surface area contributed by atoms with Crippen LogP contribution in [0.15, 0.2) is 18.6 Å². The summed E-state index contributed by atoms with van der Waals surface area (Å²) in [5.41, 5.74) is 6.54. The standard InChI is InChI=1S/C12H19N5O/c1-18-8-4-2-3-5-14-11-12-15-6-7-17(12)9-10(13)16-11/h6-7,9H,2-5,8,13H2,1H3,(H,14,16). The van der Waals surface area contributed by atoms with Crippen LogP contribution in [0.1, 0.15) is 19.3 Å². The normalized spacial score (nSPS) is 10.9. The van der Waals surface area contributed by atoms with Crippen LogP contribution in [-0.4, -0.2) is 34.6 Å². The van der Waals surface area contributed by atoms with E-state index in [0.29, 0.717) is 5.82 Å². The molecule has 2 aromatic rings. The highest BCUT2D eigenvalue weighted by atomic mass is 16.5. The number of hydrogen-bond acceptors (Lipinski definition) is 5. The van der Waals surface area contributed by atoms with Gasteiger partial charge in [-0.05, 0) is 19.3 Å². The van der Waals surface area contributed by atoms with Crippen molar-refractivity contribution in [3.63, 3.8) is 0 Å². The maximum atomic E-state index is 5.74. The van der Waals surface area contributed by atoms with Crippen LogP contribution in [0.2, 0.25) is 0 Å². The summed E-state index contributed by atoms with van der Waals surface area (Å²) in [4.78, 5) is 8.52. The van der Waals surface area contributed by atoms with Crippen molar-refractivity contribution in [1.82, 2.24) is 14.4 Å². The van der Waals surface area contributed by atoms with E-state index >= 15 is 0 Å². The SMILES string of the molecule is COCCCCCNc1nc(N)cn2ccnc12. The van der Waals surface area contributed by atoms with E-state index in [-0.39, 0.29) is 0 Å². The molecule has 0 atom stereocenters. The summed E-state index contributed by atoms with van der Waals surface area (Å²) in [5.74, 6) is 1.23. The van der Waals surface area contributed by atoms with Crippen molar-refractivity contribution >= 4 is 17.3 Å². The van der Waals surface area contributed by atoms with Crippen LogP contribution in [0.5, 0.6) is 0 Å². The number of imidazole rings is 1. The van der Waals surface area contributed by atoms with Crippen LogP contribution in [0, 0.1) is 0 Å². The van der Waals surface area contributed by atoms with Gasteiger partial charge in [0.25, 0.3) is 0 Å². The monoisotopic (exact) mass is 249 g/mol. The molecular weight excluding hydrogens is 230 g/mol. The molecule has 0 unspecified atom stereocenters. The van der Waals surface area contributed by atoms with Crippen molar-refractivity contribution in [2.45, 2.75) is 19.3 Å². The second-order valence-electron chi connectivity index (χ2n) is 4.15. The summed E-state index contributed by atoms with van der Waals surface area (Å²) in [5, 5.41) is 3.28. The molecule has 0 spiro atoms. The first-order valence-electron chi connectivity index (χ1n) is 6.13. The third-order valence-corrected chi connectivity index (χ3v) is 2.71. The van der Waals surface area contributed by atoms with Gasteiger partial charge < -0.3 is 20.2 Å². The van der Waals surface area contributed by atoms with Crippen LogP contribution in [-0.2, 0) is 4.74 Å². The van der Waals surface area contributed by atoms with Crippen LogP contribution in [0.25, 0.3) is 5.65 Å². The minimum atomic E-state index is 0.488. The van der Waals surface area contributed by atoms with E-state index in [1.54, 1.807) is 19.5 Å². The second-order valence-corrected chi connectivity index (χ2v) is 4.15. The molecule has 0 aliphatic rings. The quantitative estimate of drug-likeness (QED) is 0.728. The first-order valence-corrected chi connectivity index (χ1v) is 6.13. The number of nitrogen functional groups attached to an aromatic ring is 1. The Balaban J connectivity index is 1.89. The molecule has 2 aromatic heterocycles. The highest BCUT2D eigenvalue weighted by Gasteiger charge is 2.04. The maximum Gasteiger partial charge on any atom is 0.180 e. The average molecular weight is 249 g/mol. The molecule has 0 saturated carbocycles. The van der Waals surface area contributed by atoms with Gasteiger partial charge in [-0.3, -0.25) is 0 Å². The Hall–Kier alpha value is -1.82. The lowest BCUT2D eigenvalue weighted by Gasteiger charge is -2.07. The molecule has 2 rings (SSSR count). The number of ether oxygens (including phenoxy) is 1. The molecule has 0 radical (unpaired) electrons. The number of aromatic nitrogens is 3. The topological polar surface area (TPSA) is 77.5 Å². The molecular formula is C12H19N5O. The Labute approximate surface area is 106 Å². The molecule has 0 amide bonds. The average Bonchev–Trinajstić information content (AvgIpc) is 2.81. The van der Waals surface area contributed by atoms with Crippen molar-refractivity contribution in [3.05, 3.63) is 18.6 Å². The molecule has 0 fully saturated rings. The van der Waals surface area contributed by atoms with Gasteiger partial charge in [0, 0.05) is 32.7 Å². The van der Waals surface area contributed by atoms with E-state index in [1.807, 2.05) is 10.6 Å². The third kappa shape index (κ3) is 3.10. The van der Waals surface area contributed by atoms with Crippen LogP contribution >= 0.6 is 0 Å². The molecule has 6 heteroatoms. The molecule has 0 aliphatic carbocycles. The maximum absolute atomic E-state index is 5.74. The van der Waals surface area contributed by atoms with Gasteiger partial charge in [-0.25, -0.2) is 9.97 Å². The van der Waals surface area contributed by atoms with Crippen molar-refractivity contribution in [3.8, 4) is 0 Å². The number of nitrogens with zero attached hydrogens (tertiary/aromatic N) is 3. The highest BCUT2D eigenvalue weighted by molar-refractivity contribution is 5.64. The highest BCUT2D eigenvalue weighted by Crippen LogP contribution is 2.14. The molecule has 0 saturated heterocycles. The van der Waals surface area contributed by atoms with Gasteiger partial charge in [0.15, 0.2) is 11.5 Å². The first kappa shape index (κ1) is 12.6. The summed E-state index contributed by atoms with van der Waals surface area (Å²) in [6.07, 6.45) is 8.64. The Morgan fingerprint density at radius 2 is 2.28 bits per heavy atom. The summed E-state index contributed by atoms with van der Waals surface area (Å²) >= 11 is 0. The number of methoxy groups -OCH3 is 1. The molecule has 0 aliphatic heterocycles. The molecule has 0 aromatic carbocycles. The summed E-state index contributed by atoms with van der Waals surface area (Å²) in [6, 6.07) is 0. The fourth-order valence-corrected chi connectivity index (χ4v) is 1.82. The second kappa shape index (κ2) is 6.20. The van der Waals surface area contributed by atoms with E-state index < -0.39 is 0 Å². The largest absolute Gasteiger partial charge is 0.385 e. The van der Waals surface area contributed by atoms with Gasteiger partial charge >= 0.3 is 0 Å². The number of anilines is 2. The molecule has 98 valence electrons. The zero-order valence-electron chi connectivity index (χ0n) is 10.6. The van der Waals surface area contributed by atoms with Crippen LogP contribution in [0.3, 0.4) is 0 Å². The van der Waals surface area contributed by atoms with E-state index in [4.69, 9.17) is 10.5 Å². The molecule has 18 heavy (non-hydrogen) atoms. The Morgan fingerprint density at radius 1 is 1.39 bits per heavy atom. The number of fused-ring (bicyclic) bond motifs is 1. The Kier molecular flexibility index (Phi) is 4.35. The van der Waals surface area contributed by atoms with Crippen LogP contribution < -0.4 is 11.1 Å². The fraction of sp³-hybridized carbons (Fsp3) is 0.500. The number of nitrogens with two attached hydrogens (primary N) is 1.